The van der Waals surface area contributed by atoms with Crippen LogP contribution in [0.25, 0.3) is 33.2 Å². The average molecular weight is 446 g/mol. The van der Waals surface area contributed by atoms with E-state index in [4.69, 9.17) is 18.9 Å². The van der Waals surface area contributed by atoms with Gasteiger partial charge in [0.1, 0.15) is 5.75 Å². The Hall–Kier alpha value is -4.33. The number of aromatic hydroxyl groups is 1. The molecule has 0 fully saturated rings. The maximum absolute atomic E-state index is 12.9. The van der Waals surface area contributed by atoms with E-state index in [0.29, 0.717) is 50.4 Å². The highest BCUT2D eigenvalue weighted by atomic mass is 16.5. The Kier molecular flexibility index (Phi) is 5.99. The molecule has 33 heavy (non-hydrogen) atoms. The van der Waals surface area contributed by atoms with Crippen molar-refractivity contribution in [3.63, 3.8) is 0 Å². The lowest BCUT2D eigenvalue weighted by Gasteiger charge is -2.18. The van der Waals surface area contributed by atoms with Gasteiger partial charge in [-0.3, -0.25) is 4.98 Å². The van der Waals surface area contributed by atoms with Crippen LogP contribution in [0, 0.1) is 0 Å². The van der Waals surface area contributed by atoms with Gasteiger partial charge in [-0.05, 0) is 53.4 Å². The minimum atomic E-state index is -0.612. The number of hydrogen-bond acceptors (Lipinski definition) is 8. The molecular formula is C25H22N2O6. The minimum Gasteiger partial charge on any atom is -0.508 e. The molecule has 0 saturated heterocycles. The molecule has 0 radical (unpaired) electrons. The van der Waals surface area contributed by atoms with Crippen LogP contribution in [0.1, 0.15) is 10.5 Å². The van der Waals surface area contributed by atoms with Crippen LogP contribution in [-0.2, 0) is 4.74 Å². The summed E-state index contributed by atoms with van der Waals surface area (Å²) in [7, 11) is 5.85. The predicted octanol–water partition coefficient (Wildman–Crippen LogP) is 4.48. The van der Waals surface area contributed by atoms with Crippen molar-refractivity contribution in [1.29, 1.82) is 0 Å². The van der Waals surface area contributed by atoms with Gasteiger partial charge < -0.3 is 24.1 Å². The Morgan fingerprint density at radius 2 is 1.61 bits per heavy atom. The summed E-state index contributed by atoms with van der Waals surface area (Å²) in [4.78, 5) is 21.7. The number of methoxy groups -OCH3 is 4. The molecule has 4 rings (SSSR count). The molecule has 8 nitrogen and oxygen atoms in total. The van der Waals surface area contributed by atoms with Crippen molar-refractivity contribution in [1.82, 2.24) is 9.97 Å². The van der Waals surface area contributed by atoms with E-state index in [1.54, 1.807) is 48.8 Å². The lowest BCUT2D eigenvalue weighted by molar-refractivity contribution is 0.0595. The molecule has 2 aromatic heterocycles. The molecule has 0 amide bonds. The molecule has 8 heteroatoms. The third-order valence-electron chi connectivity index (χ3n) is 5.26. The lowest BCUT2D eigenvalue weighted by Crippen LogP contribution is -2.09. The quantitative estimate of drug-likeness (QED) is 0.433. The van der Waals surface area contributed by atoms with Crippen molar-refractivity contribution < 1.29 is 28.8 Å². The minimum absolute atomic E-state index is 0.0658. The molecule has 0 aliphatic heterocycles. The van der Waals surface area contributed by atoms with Gasteiger partial charge in [-0.15, -0.1) is 0 Å². The van der Waals surface area contributed by atoms with Crippen LogP contribution in [0.15, 0.2) is 54.9 Å². The number of phenols is 1. The van der Waals surface area contributed by atoms with Gasteiger partial charge in [0.2, 0.25) is 5.75 Å². The van der Waals surface area contributed by atoms with Crippen molar-refractivity contribution in [3.8, 4) is 45.4 Å². The van der Waals surface area contributed by atoms with E-state index in [0.717, 1.165) is 0 Å². The second-order valence-electron chi connectivity index (χ2n) is 7.06. The Morgan fingerprint density at radius 3 is 2.18 bits per heavy atom. The number of ether oxygens (including phenoxy) is 4. The Bertz CT molecular complexity index is 1310. The van der Waals surface area contributed by atoms with Crippen molar-refractivity contribution in [2.75, 3.05) is 28.4 Å². The van der Waals surface area contributed by atoms with Crippen LogP contribution in [0.4, 0.5) is 0 Å². The van der Waals surface area contributed by atoms with Gasteiger partial charge in [-0.2, -0.15) is 0 Å². The highest BCUT2D eigenvalue weighted by molar-refractivity contribution is 6.11. The number of carbonyl (C=O) groups excluding carboxylic acids is 1. The van der Waals surface area contributed by atoms with Gasteiger partial charge >= 0.3 is 5.97 Å². The maximum Gasteiger partial charge on any atom is 0.357 e. The van der Waals surface area contributed by atoms with E-state index < -0.39 is 5.97 Å². The van der Waals surface area contributed by atoms with Crippen molar-refractivity contribution >= 4 is 16.7 Å². The molecule has 0 aliphatic carbocycles. The van der Waals surface area contributed by atoms with Gasteiger partial charge in [-0.25, -0.2) is 9.78 Å². The SMILES string of the molecule is COC(=O)c1nc(-c2cccnc2)c2cc(O)ccc2c1-c1cc(OC)c(OC)c(OC)c1. The summed E-state index contributed by atoms with van der Waals surface area (Å²) in [6.07, 6.45) is 3.29. The number of carbonyl (C=O) groups is 1. The number of hydrogen-bond donors (Lipinski definition) is 1. The van der Waals surface area contributed by atoms with Gasteiger partial charge in [0.05, 0.1) is 34.1 Å². The molecule has 2 aromatic carbocycles. The molecule has 0 atom stereocenters. The first kappa shape index (κ1) is 21.9. The van der Waals surface area contributed by atoms with E-state index in [1.165, 1.54) is 28.4 Å². The number of rotatable bonds is 6. The predicted molar refractivity (Wildman–Crippen MR) is 123 cm³/mol. The molecule has 0 unspecified atom stereocenters. The molecule has 2 heterocycles. The molecule has 0 saturated carbocycles. The van der Waals surface area contributed by atoms with Gasteiger partial charge in [0, 0.05) is 28.9 Å². The van der Waals surface area contributed by atoms with E-state index in [1.807, 2.05) is 6.07 Å². The summed E-state index contributed by atoms with van der Waals surface area (Å²) >= 11 is 0. The largest absolute Gasteiger partial charge is 0.508 e. The third kappa shape index (κ3) is 3.87. The molecule has 0 spiro atoms. The van der Waals surface area contributed by atoms with Crippen LogP contribution in [0.5, 0.6) is 23.0 Å². The highest BCUT2D eigenvalue weighted by Gasteiger charge is 2.25. The van der Waals surface area contributed by atoms with E-state index in [-0.39, 0.29) is 11.4 Å². The number of fused-ring (bicyclic) bond motifs is 1. The van der Waals surface area contributed by atoms with Crippen LogP contribution in [-0.4, -0.2) is 49.5 Å². The fourth-order valence-corrected chi connectivity index (χ4v) is 3.79. The van der Waals surface area contributed by atoms with Crippen molar-refractivity contribution in [2.45, 2.75) is 0 Å². The van der Waals surface area contributed by atoms with Gasteiger partial charge in [0.15, 0.2) is 17.2 Å². The fourth-order valence-electron chi connectivity index (χ4n) is 3.79. The highest BCUT2D eigenvalue weighted by Crippen LogP contribution is 2.45. The second-order valence-corrected chi connectivity index (χ2v) is 7.06. The standard InChI is InChI=1S/C25H22N2O6/c1-30-19-10-15(11-20(31-2)24(19)32-3)21-17-8-7-16(28)12-18(17)22(14-6-5-9-26-13-14)27-23(21)25(29)33-4/h5-13,28H,1-4H3. The van der Waals surface area contributed by atoms with Gasteiger partial charge in [-0.1, -0.05) is 0 Å². The first-order valence-electron chi connectivity index (χ1n) is 9.98. The summed E-state index contributed by atoms with van der Waals surface area (Å²) in [5.41, 5.74) is 2.39. The van der Waals surface area contributed by atoms with E-state index in [2.05, 4.69) is 9.97 Å². The molecule has 4 aromatic rings. The van der Waals surface area contributed by atoms with Crippen LogP contribution in [0.2, 0.25) is 0 Å². The molecule has 168 valence electrons. The first-order chi connectivity index (χ1) is 16.0. The van der Waals surface area contributed by atoms with Crippen LogP contribution >= 0.6 is 0 Å². The number of esters is 1. The summed E-state index contributed by atoms with van der Waals surface area (Å²) in [6, 6.07) is 12.0. The Labute approximate surface area is 190 Å². The normalized spacial score (nSPS) is 10.7. The zero-order valence-electron chi connectivity index (χ0n) is 18.6. The second kappa shape index (κ2) is 9.04. The first-order valence-corrected chi connectivity index (χ1v) is 9.98. The number of phenolic OH excluding ortho intramolecular Hbond substituents is 1. The zero-order chi connectivity index (χ0) is 23.5. The van der Waals surface area contributed by atoms with Crippen LogP contribution in [0.3, 0.4) is 0 Å². The summed E-state index contributed by atoms with van der Waals surface area (Å²) < 4.78 is 21.5. The number of nitrogens with zero attached hydrogens (tertiary/aromatic N) is 2. The summed E-state index contributed by atoms with van der Waals surface area (Å²) in [6.45, 7) is 0. The summed E-state index contributed by atoms with van der Waals surface area (Å²) in [5.74, 6) is 0.720. The fraction of sp³-hybridized carbons (Fsp3) is 0.160. The number of benzene rings is 2. The molecular weight excluding hydrogens is 424 g/mol. The average Bonchev–Trinajstić information content (AvgIpc) is 2.86. The van der Waals surface area contributed by atoms with Crippen LogP contribution < -0.4 is 14.2 Å². The number of aromatic nitrogens is 2. The van der Waals surface area contributed by atoms with Crippen molar-refractivity contribution in [2.24, 2.45) is 0 Å². The molecule has 1 N–H and O–H groups in total. The number of pyridine rings is 2. The van der Waals surface area contributed by atoms with E-state index >= 15 is 0 Å². The summed E-state index contributed by atoms with van der Waals surface area (Å²) in [5, 5.41) is 11.5. The smallest absolute Gasteiger partial charge is 0.357 e. The van der Waals surface area contributed by atoms with E-state index in [9.17, 15) is 9.90 Å². The zero-order valence-corrected chi connectivity index (χ0v) is 18.6. The Morgan fingerprint density at radius 1 is 0.879 bits per heavy atom. The van der Waals surface area contributed by atoms with Crippen molar-refractivity contribution in [3.05, 3.63) is 60.6 Å². The Balaban J connectivity index is 2.15. The monoisotopic (exact) mass is 446 g/mol. The maximum atomic E-state index is 12.9. The third-order valence-corrected chi connectivity index (χ3v) is 5.26. The molecule has 0 aliphatic rings. The lowest BCUT2D eigenvalue weighted by atomic mass is 9.93. The van der Waals surface area contributed by atoms with Gasteiger partial charge in [0.25, 0.3) is 0 Å². The topological polar surface area (TPSA) is 100 Å². The molecule has 0 bridgehead atoms.